The van der Waals surface area contributed by atoms with Gasteiger partial charge in [-0.25, -0.2) is 4.98 Å². The molecule has 0 aliphatic carbocycles. The second-order valence-corrected chi connectivity index (χ2v) is 3.24. The Morgan fingerprint density at radius 2 is 2.06 bits per heavy atom. The molecule has 16 heavy (non-hydrogen) atoms. The molecule has 2 rings (SSSR count). The molecule has 0 atom stereocenters. The lowest BCUT2D eigenvalue weighted by molar-refractivity contribution is -0.0885. The first-order valence-corrected chi connectivity index (χ1v) is 4.36. The summed E-state index contributed by atoms with van der Waals surface area (Å²) >= 11 is 0. The molecule has 0 N–H and O–H groups in total. The fraction of sp³-hybridized carbons (Fsp3) is 0.200. The first-order chi connectivity index (χ1) is 7.38. The van der Waals surface area contributed by atoms with Crippen molar-refractivity contribution in [3.63, 3.8) is 0 Å². The minimum Gasteiger partial charge on any atom is -0.441 e. The first kappa shape index (κ1) is 10.7. The Balaban J connectivity index is 2.51. The van der Waals surface area contributed by atoms with E-state index >= 15 is 0 Å². The van der Waals surface area contributed by atoms with Crippen molar-refractivity contribution in [2.45, 2.75) is 13.1 Å². The minimum absolute atomic E-state index is 0.174. The van der Waals surface area contributed by atoms with Gasteiger partial charge in [-0.3, -0.25) is 4.79 Å². The Morgan fingerprint density at radius 1 is 1.38 bits per heavy atom. The van der Waals surface area contributed by atoms with Gasteiger partial charge in [0, 0.05) is 12.5 Å². The van der Waals surface area contributed by atoms with E-state index in [9.17, 15) is 18.0 Å². The van der Waals surface area contributed by atoms with Crippen molar-refractivity contribution >= 4 is 16.9 Å². The van der Waals surface area contributed by atoms with Crippen LogP contribution in [0, 0.1) is 6.92 Å². The van der Waals surface area contributed by atoms with Crippen molar-refractivity contribution in [3.05, 3.63) is 29.7 Å². The highest BCUT2D eigenvalue weighted by molar-refractivity contribution is 6.02. The maximum Gasteiger partial charge on any atom is 0.454 e. The zero-order chi connectivity index (χ0) is 11.9. The molecular weight excluding hydrogens is 223 g/mol. The number of carbonyl (C=O) groups is 1. The van der Waals surface area contributed by atoms with Crippen molar-refractivity contribution in [2.24, 2.45) is 0 Å². The average molecular weight is 229 g/mol. The SMILES string of the molecule is Cc1nc2ccc(C(=O)C(F)(F)F)cc2o1. The molecule has 0 amide bonds. The van der Waals surface area contributed by atoms with Crippen LogP contribution in [0.3, 0.4) is 0 Å². The van der Waals surface area contributed by atoms with E-state index in [0.717, 1.165) is 12.1 Å². The summed E-state index contributed by atoms with van der Waals surface area (Å²) in [5, 5.41) is 0. The van der Waals surface area contributed by atoms with Gasteiger partial charge in [-0.1, -0.05) is 0 Å². The van der Waals surface area contributed by atoms with E-state index in [1.54, 1.807) is 6.92 Å². The third kappa shape index (κ3) is 1.78. The number of rotatable bonds is 1. The fourth-order valence-electron chi connectivity index (χ4n) is 1.34. The standard InChI is InChI=1S/C10H6F3NO2/c1-5-14-7-3-2-6(4-8(7)16-5)9(15)10(11,12)13/h2-4H,1H3. The van der Waals surface area contributed by atoms with E-state index < -0.39 is 17.5 Å². The van der Waals surface area contributed by atoms with Crippen LogP contribution in [0.4, 0.5) is 13.2 Å². The van der Waals surface area contributed by atoms with E-state index in [0.29, 0.717) is 11.4 Å². The lowest BCUT2D eigenvalue weighted by Gasteiger charge is -2.03. The smallest absolute Gasteiger partial charge is 0.441 e. The summed E-state index contributed by atoms with van der Waals surface area (Å²) in [5.41, 5.74) is 0.153. The van der Waals surface area contributed by atoms with Gasteiger partial charge in [-0.15, -0.1) is 0 Å². The molecule has 0 aliphatic rings. The largest absolute Gasteiger partial charge is 0.454 e. The third-order valence-electron chi connectivity index (χ3n) is 2.02. The molecule has 0 saturated carbocycles. The fourth-order valence-corrected chi connectivity index (χ4v) is 1.34. The Labute approximate surface area is 87.9 Å². The Morgan fingerprint density at radius 3 is 2.69 bits per heavy atom. The van der Waals surface area contributed by atoms with Crippen LogP contribution >= 0.6 is 0 Å². The third-order valence-corrected chi connectivity index (χ3v) is 2.02. The van der Waals surface area contributed by atoms with Gasteiger partial charge in [0.25, 0.3) is 5.78 Å². The van der Waals surface area contributed by atoms with Crippen LogP contribution in [0.15, 0.2) is 22.6 Å². The number of nitrogens with zero attached hydrogens (tertiary/aromatic N) is 1. The second kappa shape index (κ2) is 3.33. The lowest BCUT2D eigenvalue weighted by atomic mass is 10.1. The Hall–Kier alpha value is -1.85. The number of carbonyl (C=O) groups excluding carboxylic acids is 1. The zero-order valence-corrected chi connectivity index (χ0v) is 8.13. The van der Waals surface area contributed by atoms with Crippen LogP contribution in [0.5, 0.6) is 0 Å². The summed E-state index contributed by atoms with van der Waals surface area (Å²) < 4.78 is 41.5. The van der Waals surface area contributed by atoms with Crippen molar-refractivity contribution in [2.75, 3.05) is 0 Å². The van der Waals surface area contributed by atoms with Gasteiger partial charge < -0.3 is 4.42 Å². The van der Waals surface area contributed by atoms with Crippen LogP contribution in [0.25, 0.3) is 11.1 Å². The van der Waals surface area contributed by atoms with Crippen LogP contribution in [0.2, 0.25) is 0 Å². The normalized spacial score (nSPS) is 12.0. The summed E-state index contributed by atoms with van der Waals surface area (Å²) in [7, 11) is 0. The molecular formula is C10H6F3NO2. The second-order valence-electron chi connectivity index (χ2n) is 3.24. The molecule has 3 nitrogen and oxygen atoms in total. The number of benzene rings is 1. The summed E-state index contributed by atoms with van der Waals surface area (Å²) in [5.74, 6) is -1.55. The van der Waals surface area contributed by atoms with Gasteiger partial charge in [-0.2, -0.15) is 13.2 Å². The first-order valence-electron chi connectivity index (χ1n) is 4.36. The predicted molar refractivity (Wildman–Crippen MR) is 49.1 cm³/mol. The average Bonchev–Trinajstić information content (AvgIpc) is 2.54. The number of ketones is 1. The van der Waals surface area contributed by atoms with Gasteiger partial charge in [0.05, 0.1) is 0 Å². The minimum atomic E-state index is -4.87. The van der Waals surface area contributed by atoms with Crippen molar-refractivity contribution in [1.82, 2.24) is 4.98 Å². The Bertz CT molecular complexity index is 557. The van der Waals surface area contributed by atoms with E-state index in [4.69, 9.17) is 4.42 Å². The number of aryl methyl sites for hydroxylation is 1. The molecule has 2 aromatic rings. The topological polar surface area (TPSA) is 43.1 Å². The van der Waals surface area contributed by atoms with E-state index in [1.165, 1.54) is 6.07 Å². The quantitative estimate of drug-likeness (QED) is 0.706. The molecule has 6 heteroatoms. The molecule has 0 aliphatic heterocycles. The molecule has 0 bridgehead atoms. The number of oxazole rings is 1. The number of Topliss-reactive ketones (excluding diaryl/α,β-unsaturated/α-hetero) is 1. The number of aromatic nitrogens is 1. The summed E-state index contributed by atoms with van der Waals surface area (Å²) in [6.45, 7) is 1.57. The van der Waals surface area contributed by atoms with E-state index in [2.05, 4.69) is 4.98 Å². The number of halogens is 3. The molecule has 0 spiro atoms. The maximum atomic E-state index is 12.1. The lowest BCUT2D eigenvalue weighted by Crippen LogP contribution is -2.22. The predicted octanol–water partition coefficient (Wildman–Crippen LogP) is 2.88. The van der Waals surface area contributed by atoms with E-state index in [1.807, 2.05) is 0 Å². The summed E-state index contributed by atoms with van der Waals surface area (Å²) in [6, 6.07) is 3.45. The monoisotopic (exact) mass is 229 g/mol. The van der Waals surface area contributed by atoms with Crippen LogP contribution in [0.1, 0.15) is 16.2 Å². The van der Waals surface area contributed by atoms with Gasteiger partial charge in [-0.05, 0) is 18.2 Å². The highest BCUT2D eigenvalue weighted by Crippen LogP contribution is 2.24. The Kier molecular flexibility index (Phi) is 2.22. The molecule has 0 saturated heterocycles. The molecule has 0 fully saturated rings. The molecule has 1 aromatic heterocycles. The van der Waals surface area contributed by atoms with Crippen molar-refractivity contribution in [1.29, 1.82) is 0 Å². The van der Waals surface area contributed by atoms with Gasteiger partial charge in [0.1, 0.15) is 5.52 Å². The van der Waals surface area contributed by atoms with Crippen LogP contribution in [-0.4, -0.2) is 16.9 Å². The number of hydrogen-bond acceptors (Lipinski definition) is 3. The maximum absolute atomic E-state index is 12.1. The number of fused-ring (bicyclic) bond motifs is 1. The van der Waals surface area contributed by atoms with Crippen molar-refractivity contribution < 1.29 is 22.4 Å². The summed E-state index contributed by atoms with van der Waals surface area (Å²) in [6.07, 6.45) is -4.87. The van der Waals surface area contributed by atoms with E-state index in [-0.39, 0.29) is 5.58 Å². The summed E-state index contributed by atoms with van der Waals surface area (Å²) in [4.78, 5) is 14.8. The molecule has 0 radical (unpaired) electrons. The van der Waals surface area contributed by atoms with Gasteiger partial charge in [0.15, 0.2) is 11.5 Å². The highest BCUT2D eigenvalue weighted by Gasteiger charge is 2.39. The van der Waals surface area contributed by atoms with Crippen LogP contribution < -0.4 is 0 Å². The van der Waals surface area contributed by atoms with Crippen LogP contribution in [-0.2, 0) is 0 Å². The zero-order valence-electron chi connectivity index (χ0n) is 8.13. The van der Waals surface area contributed by atoms with Gasteiger partial charge >= 0.3 is 6.18 Å². The molecule has 1 aromatic carbocycles. The number of alkyl halides is 3. The molecule has 0 unspecified atom stereocenters. The van der Waals surface area contributed by atoms with Gasteiger partial charge in [0.2, 0.25) is 0 Å². The van der Waals surface area contributed by atoms with Crippen molar-refractivity contribution in [3.8, 4) is 0 Å². The molecule has 84 valence electrons. The molecule has 1 heterocycles. The highest BCUT2D eigenvalue weighted by atomic mass is 19.4. The number of hydrogen-bond donors (Lipinski definition) is 0.